The van der Waals surface area contributed by atoms with E-state index in [-0.39, 0.29) is 5.91 Å². The van der Waals surface area contributed by atoms with Crippen LogP contribution in [0.25, 0.3) is 0 Å². The number of rotatable bonds is 3. The molecule has 1 aromatic carbocycles. The Balaban J connectivity index is 2.13. The number of carbonyl (C=O) groups excluding carboxylic acids is 1. The first-order valence-electron chi connectivity index (χ1n) is 5.46. The number of nitrogen functional groups attached to an aromatic ring is 1. The van der Waals surface area contributed by atoms with E-state index in [0.29, 0.717) is 27.3 Å². The molecule has 1 amide bonds. The van der Waals surface area contributed by atoms with Gasteiger partial charge in [0.05, 0.1) is 19.0 Å². The van der Waals surface area contributed by atoms with E-state index in [2.05, 4.69) is 26.2 Å². The highest BCUT2D eigenvalue weighted by Gasteiger charge is 2.08. The fourth-order valence-electron chi connectivity index (χ4n) is 1.45. The molecular formula is C13H12BrN3O2. The number of carbonyl (C=O) groups is 1. The van der Waals surface area contributed by atoms with Gasteiger partial charge in [-0.25, -0.2) is 4.98 Å². The molecule has 0 saturated heterocycles. The van der Waals surface area contributed by atoms with Gasteiger partial charge in [0, 0.05) is 21.8 Å². The number of nitrogens with one attached hydrogen (secondary N) is 1. The van der Waals surface area contributed by atoms with Crippen molar-refractivity contribution >= 4 is 33.2 Å². The molecule has 0 aliphatic rings. The van der Waals surface area contributed by atoms with E-state index in [0.717, 1.165) is 0 Å². The van der Waals surface area contributed by atoms with Crippen molar-refractivity contribution in [1.82, 2.24) is 4.98 Å². The molecule has 0 radical (unpaired) electrons. The fourth-order valence-corrected chi connectivity index (χ4v) is 1.83. The van der Waals surface area contributed by atoms with E-state index in [4.69, 9.17) is 10.5 Å². The molecular weight excluding hydrogens is 310 g/mol. The normalized spacial score (nSPS) is 10.0. The van der Waals surface area contributed by atoms with Crippen LogP contribution < -0.4 is 15.8 Å². The van der Waals surface area contributed by atoms with Crippen molar-refractivity contribution in [2.24, 2.45) is 0 Å². The number of hydrogen-bond acceptors (Lipinski definition) is 4. The topological polar surface area (TPSA) is 77.2 Å². The number of ether oxygens (including phenoxy) is 1. The Morgan fingerprint density at radius 2 is 2.16 bits per heavy atom. The summed E-state index contributed by atoms with van der Waals surface area (Å²) in [5.41, 5.74) is 7.36. The highest BCUT2D eigenvalue weighted by molar-refractivity contribution is 9.10. The van der Waals surface area contributed by atoms with Gasteiger partial charge in [0.2, 0.25) is 5.88 Å². The van der Waals surface area contributed by atoms with E-state index in [1.807, 2.05) is 0 Å². The van der Waals surface area contributed by atoms with Gasteiger partial charge in [-0.1, -0.05) is 0 Å². The van der Waals surface area contributed by atoms with Gasteiger partial charge >= 0.3 is 0 Å². The summed E-state index contributed by atoms with van der Waals surface area (Å²) in [5.74, 6) is 0.265. The van der Waals surface area contributed by atoms with Gasteiger partial charge in [0.1, 0.15) is 0 Å². The molecule has 1 aromatic heterocycles. The summed E-state index contributed by atoms with van der Waals surface area (Å²) >= 11 is 3.28. The third-order valence-electron chi connectivity index (χ3n) is 2.47. The molecule has 0 bridgehead atoms. The summed E-state index contributed by atoms with van der Waals surface area (Å²) < 4.78 is 5.63. The van der Waals surface area contributed by atoms with E-state index in [9.17, 15) is 4.79 Å². The minimum absolute atomic E-state index is 0.229. The third kappa shape index (κ3) is 3.23. The minimum Gasteiger partial charge on any atom is -0.481 e. The molecule has 0 spiro atoms. The third-order valence-corrected chi connectivity index (χ3v) is 3.15. The lowest BCUT2D eigenvalue weighted by Crippen LogP contribution is -2.12. The molecule has 0 unspecified atom stereocenters. The smallest absolute Gasteiger partial charge is 0.255 e. The van der Waals surface area contributed by atoms with Crippen LogP contribution in [0.15, 0.2) is 41.0 Å². The number of nitrogens with zero attached hydrogens (tertiary/aromatic N) is 1. The average Bonchev–Trinajstić information content (AvgIpc) is 2.42. The van der Waals surface area contributed by atoms with Gasteiger partial charge in [0.15, 0.2) is 0 Å². The molecule has 19 heavy (non-hydrogen) atoms. The van der Waals surface area contributed by atoms with Crippen LogP contribution in [0.3, 0.4) is 0 Å². The van der Waals surface area contributed by atoms with Crippen LogP contribution in [0.5, 0.6) is 5.88 Å². The van der Waals surface area contributed by atoms with Gasteiger partial charge in [-0.2, -0.15) is 0 Å². The van der Waals surface area contributed by atoms with Crippen molar-refractivity contribution in [3.05, 3.63) is 46.6 Å². The molecule has 0 fully saturated rings. The number of halogens is 1. The highest BCUT2D eigenvalue weighted by Crippen LogP contribution is 2.21. The molecule has 2 aromatic rings. The number of amides is 1. The monoisotopic (exact) mass is 321 g/mol. The molecule has 1 heterocycles. The van der Waals surface area contributed by atoms with E-state index >= 15 is 0 Å². The Morgan fingerprint density at radius 3 is 2.74 bits per heavy atom. The lowest BCUT2D eigenvalue weighted by Gasteiger charge is -2.07. The Kier molecular flexibility index (Phi) is 4.01. The molecule has 2 rings (SSSR count). The maximum absolute atomic E-state index is 12.0. The summed E-state index contributed by atoms with van der Waals surface area (Å²) in [6.45, 7) is 0. The molecule has 0 aliphatic heterocycles. The van der Waals surface area contributed by atoms with Gasteiger partial charge in [-0.15, -0.1) is 0 Å². The molecule has 5 nitrogen and oxygen atoms in total. The SMILES string of the molecule is COc1ccc(NC(=O)c2ccc(N)c(Br)c2)cn1. The summed E-state index contributed by atoms with van der Waals surface area (Å²) in [6.07, 6.45) is 1.53. The zero-order valence-corrected chi connectivity index (χ0v) is 11.8. The Hall–Kier alpha value is -2.08. The number of hydrogen-bond donors (Lipinski definition) is 2. The van der Waals surface area contributed by atoms with Crippen molar-refractivity contribution in [1.29, 1.82) is 0 Å². The van der Waals surface area contributed by atoms with Gasteiger partial charge in [-0.05, 0) is 40.2 Å². The molecule has 98 valence electrons. The predicted molar refractivity (Wildman–Crippen MR) is 77.3 cm³/mol. The predicted octanol–water partition coefficient (Wildman–Crippen LogP) is 2.69. The molecule has 0 atom stereocenters. The van der Waals surface area contributed by atoms with Crippen LogP contribution in [-0.2, 0) is 0 Å². The van der Waals surface area contributed by atoms with Crippen LogP contribution in [0, 0.1) is 0 Å². The summed E-state index contributed by atoms with van der Waals surface area (Å²) in [5, 5.41) is 2.74. The van der Waals surface area contributed by atoms with E-state index < -0.39 is 0 Å². The van der Waals surface area contributed by atoms with Crippen LogP contribution in [-0.4, -0.2) is 18.0 Å². The second kappa shape index (κ2) is 5.71. The number of pyridine rings is 1. The summed E-state index contributed by atoms with van der Waals surface area (Å²) in [4.78, 5) is 16.0. The fraction of sp³-hybridized carbons (Fsp3) is 0.0769. The van der Waals surface area contributed by atoms with Crippen molar-refractivity contribution in [2.45, 2.75) is 0 Å². The number of nitrogens with two attached hydrogens (primary N) is 1. The van der Waals surface area contributed by atoms with Gasteiger partial charge in [0.25, 0.3) is 5.91 Å². The summed E-state index contributed by atoms with van der Waals surface area (Å²) in [6, 6.07) is 8.39. The molecule has 0 aliphatic carbocycles. The minimum atomic E-state index is -0.229. The first-order chi connectivity index (χ1) is 9.10. The van der Waals surface area contributed by atoms with E-state index in [1.165, 1.54) is 13.3 Å². The lowest BCUT2D eigenvalue weighted by atomic mass is 10.2. The van der Waals surface area contributed by atoms with Crippen LogP contribution in [0.4, 0.5) is 11.4 Å². The quantitative estimate of drug-likeness (QED) is 0.852. The van der Waals surface area contributed by atoms with Crippen molar-refractivity contribution in [3.8, 4) is 5.88 Å². The largest absolute Gasteiger partial charge is 0.481 e. The first kappa shape index (κ1) is 13.4. The maximum Gasteiger partial charge on any atom is 0.255 e. The lowest BCUT2D eigenvalue weighted by molar-refractivity contribution is 0.102. The number of benzene rings is 1. The Morgan fingerprint density at radius 1 is 1.37 bits per heavy atom. The number of anilines is 2. The average molecular weight is 322 g/mol. The van der Waals surface area contributed by atoms with E-state index in [1.54, 1.807) is 30.3 Å². The van der Waals surface area contributed by atoms with Gasteiger partial charge < -0.3 is 15.8 Å². The first-order valence-corrected chi connectivity index (χ1v) is 6.26. The standard InChI is InChI=1S/C13H12BrN3O2/c1-19-12-5-3-9(7-16-12)17-13(18)8-2-4-11(15)10(14)6-8/h2-7H,15H2,1H3,(H,17,18). The summed E-state index contributed by atoms with van der Waals surface area (Å²) in [7, 11) is 1.53. The number of methoxy groups -OCH3 is 1. The van der Waals surface area contributed by atoms with Crippen LogP contribution in [0.1, 0.15) is 10.4 Å². The number of aromatic nitrogens is 1. The Labute approximate surface area is 118 Å². The second-order valence-electron chi connectivity index (χ2n) is 3.78. The molecule has 3 N–H and O–H groups in total. The maximum atomic E-state index is 12.0. The van der Waals surface area contributed by atoms with Crippen LogP contribution >= 0.6 is 15.9 Å². The highest BCUT2D eigenvalue weighted by atomic mass is 79.9. The van der Waals surface area contributed by atoms with Crippen LogP contribution in [0.2, 0.25) is 0 Å². The molecule has 0 saturated carbocycles. The van der Waals surface area contributed by atoms with Gasteiger partial charge in [-0.3, -0.25) is 4.79 Å². The van der Waals surface area contributed by atoms with Crippen molar-refractivity contribution in [3.63, 3.8) is 0 Å². The zero-order chi connectivity index (χ0) is 13.8. The van der Waals surface area contributed by atoms with Crippen molar-refractivity contribution in [2.75, 3.05) is 18.2 Å². The van der Waals surface area contributed by atoms with Crippen molar-refractivity contribution < 1.29 is 9.53 Å². The second-order valence-corrected chi connectivity index (χ2v) is 4.63. The Bertz CT molecular complexity index is 599. The zero-order valence-electron chi connectivity index (χ0n) is 10.2. The molecule has 6 heteroatoms.